The van der Waals surface area contributed by atoms with Crippen molar-refractivity contribution in [1.29, 1.82) is 0 Å². The van der Waals surface area contributed by atoms with E-state index in [1.165, 1.54) is 0 Å². The number of pyridine rings is 1. The molecule has 1 heterocycles. The summed E-state index contributed by atoms with van der Waals surface area (Å²) in [5.41, 5.74) is 7.72. The predicted molar refractivity (Wildman–Crippen MR) is 76.8 cm³/mol. The van der Waals surface area contributed by atoms with Gasteiger partial charge < -0.3 is 11.1 Å². The highest BCUT2D eigenvalue weighted by Gasteiger charge is 2.25. The molecule has 104 valence electrons. The van der Waals surface area contributed by atoms with Crippen molar-refractivity contribution in [2.75, 3.05) is 11.9 Å². The highest BCUT2D eigenvalue weighted by atomic mass is 16.1. The van der Waals surface area contributed by atoms with Crippen molar-refractivity contribution in [1.82, 2.24) is 4.98 Å². The highest BCUT2D eigenvalue weighted by Crippen LogP contribution is 2.28. The van der Waals surface area contributed by atoms with Crippen molar-refractivity contribution in [3.05, 3.63) is 23.4 Å². The molecule has 1 saturated carbocycles. The summed E-state index contributed by atoms with van der Waals surface area (Å²) in [5, 5.41) is 2.94. The summed E-state index contributed by atoms with van der Waals surface area (Å²) >= 11 is 0. The fourth-order valence-corrected chi connectivity index (χ4v) is 2.79. The number of nitrogens with two attached hydrogens (primary N) is 1. The molecule has 4 nitrogen and oxygen atoms in total. The molecule has 1 amide bonds. The lowest BCUT2D eigenvalue weighted by Gasteiger charge is -2.26. The fraction of sp³-hybridized carbons (Fsp3) is 0.600. The quantitative estimate of drug-likeness (QED) is 0.878. The van der Waals surface area contributed by atoms with Crippen LogP contribution in [-0.2, 0) is 4.79 Å². The van der Waals surface area contributed by atoms with Crippen molar-refractivity contribution in [3.8, 4) is 0 Å². The molecule has 0 saturated heterocycles. The Balaban J connectivity index is 1.94. The summed E-state index contributed by atoms with van der Waals surface area (Å²) in [5.74, 6) is 1.49. The van der Waals surface area contributed by atoms with E-state index in [1.54, 1.807) is 0 Å². The summed E-state index contributed by atoms with van der Waals surface area (Å²) in [7, 11) is 0. The summed E-state index contributed by atoms with van der Waals surface area (Å²) in [6.45, 7) is 4.69. The molecule has 0 atom stereocenters. The molecule has 1 aromatic rings. The first-order chi connectivity index (χ1) is 9.08. The van der Waals surface area contributed by atoms with E-state index in [0.29, 0.717) is 11.7 Å². The average Bonchev–Trinajstić information content (AvgIpc) is 2.37. The number of hydrogen-bond acceptors (Lipinski definition) is 3. The number of aryl methyl sites for hydroxylation is 2. The van der Waals surface area contributed by atoms with Crippen molar-refractivity contribution in [2.24, 2.45) is 17.6 Å². The number of carbonyl (C=O) groups is 1. The van der Waals surface area contributed by atoms with Gasteiger partial charge in [0, 0.05) is 11.6 Å². The van der Waals surface area contributed by atoms with E-state index < -0.39 is 0 Å². The van der Waals surface area contributed by atoms with Crippen LogP contribution in [0.3, 0.4) is 0 Å². The monoisotopic (exact) mass is 261 g/mol. The minimum atomic E-state index is 0.105. The molecule has 1 aromatic heterocycles. The smallest absolute Gasteiger partial charge is 0.228 e. The molecule has 0 aromatic carbocycles. The van der Waals surface area contributed by atoms with E-state index in [0.717, 1.165) is 43.5 Å². The third-order valence-corrected chi connectivity index (χ3v) is 3.90. The number of hydrogen-bond donors (Lipinski definition) is 2. The molecule has 19 heavy (non-hydrogen) atoms. The second kappa shape index (κ2) is 6.15. The molecule has 0 aliphatic heterocycles. The Bertz CT molecular complexity index is 430. The molecular weight excluding hydrogens is 238 g/mol. The van der Waals surface area contributed by atoms with Crippen LogP contribution in [0.4, 0.5) is 5.82 Å². The van der Waals surface area contributed by atoms with Crippen LogP contribution in [0.1, 0.15) is 36.9 Å². The Hall–Kier alpha value is -1.42. The molecule has 2 rings (SSSR count). The Morgan fingerprint density at radius 2 is 2.00 bits per heavy atom. The van der Waals surface area contributed by atoms with Gasteiger partial charge in [-0.25, -0.2) is 4.98 Å². The third-order valence-electron chi connectivity index (χ3n) is 3.90. The van der Waals surface area contributed by atoms with Gasteiger partial charge in [0.2, 0.25) is 5.91 Å². The molecule has 0 unspecified atom stereocenters. The number of anilines is 1. The molecule has 4 heteroatoms. The molecule has 0 bridgehead atoms. The van der Waals surface area contributed by atoms with Gasteiger partial charge in [-0.1, -0.05) is 0 Å². The van der Waals surface area contributed by atoms with Crippen LogP contribution in [0.5, 0.6) is 0 Å². The van der Waals surface area contributed by atoms with Gasteiger partial charge in [-0.15, -0.1) is 0 Å². The van der Waals surface area contributed by atoms with Crippen LogP contribution in [0, 0.1) is 25.7 Å². The summed E-state index contributed by atoms with van der Waals surface area (Å²) in [4.78, 5) is 16.6. The van der Waals surface area contributed by atoms with Crippen LogP contribution >= 0.6 is 0 Å². The maximum atomic E-state index is 12.2. The number of nitrogens with one attached hydrogen (secondary N) is 1. The summed E-state index contributed by atoms with van der Waals surface area (Å²) < 4.78 is 0. The lowest BCUT2D eigenvalue weighted by Crippen LogP contribution is -2.29. The number of rotatable bonds is 3. The van der Waals surface area contributed by atoms with Gasteiger partial charge in [-0.05, 0) is 69.7 Å². The van der Waals surface area contributed by atoms with Crippen LogP contribution < -0.4 is 11.1 Å². The minimum Gasteiger partial charge on any atom is -0.330 e. The van der Waals surface area contributed by atoms with Crippen molar-refractivity contribution < 1.29 is 4.79 Å². The predicted octanol–water partition coefficient (Wildman–Crippen LogP) is 2.40. The molecular formula is C15H23N3O. The number of aromatic nitrogens is 1. The third kappa shape index (κ3) is 3.77. The van der Waals surface area contributed by atoms with Crippen LogP contribution in [0.15, 0.2) is 12.1 Å². The summed E-state index contributed by atoms with van der Waals surface area (Å²) in [6, 6.07) is 3.92. The largest absolute Gasteiger partial charge is 0.330 e. The van der Waals surface area contributed by atoms with E-state index in [2.05, 4.69) is 10.3 Å². The van der Waals surface area contributed by atoms with Gasteiger partial charge in [-0.2, -0.15) is 0 Å². The topological polar surface area (TPSA) is 68.0 Å². The van der Waals surface area contributed by atoms with E-state index >= 15 is 0 Å². The van der Waals surface area contributed by atoms with E-state index in [4.69, 9.17) is 5.73 Å². The van der Waals surface area contributed by atoms with Gasteiger partial charge in [-0.3, -0.25) is 4.79 Å². The van der Waals surface area contributed by atoms with Crippen molar-refractivity contribution >= 4 is 11.7 Å². The number of nitrogens with zero attached hydrogens (tertiary/aromatic N) is 1. The van der Waals surface area contributed by atoms with Crippen LogP contribution in [0.2, 0.25) is 0 Å². The molecule has 0 spiro atoms. The van der Waals surface area contributed by atoms with Gasteiger partial charge in [0.15, 0.2) is 0 Å². The minimum absolute atomic E-state index is 0.105. The van der Waals surface area contributed by atoms with Gasteiger partial charge in [0.1, 0.15) is 5.82 Å². The number of carbonyl (C=O) groups excluding carboxylic acids is 1. The van der Waals surface area contributed by atoms with Crippen molar-refractivity contribution in [3.63, 3.8) is 0 Å². The standard InChI is InChI=1S/C15H23N3O/c1-10-7-11(2)17-14(8-10)18-15(19)13-5-3-12(9-16)4-6-13/h7-8,12-13H,3-6,9,16H2,1-2H3,(H,17,18,19). The van der Waals surface area contributed by atoms with E-state index in [1.807, 2.05) is 26.0 Å². The first-order valence-corrected chi connectivity index (χ1v) is 7.04. The van der Waals surface area contributed by atoms with Gasteiger partial charge in [0.05, 0.1) is 0 Å². The normalized spacial score (nSPS) is 23.1. The zero-order chi connectivity index (χ0) is 13.8. The number of amides is 1. The second-order valence-corrected chi connectivity index (χ2v) is 5.61. The average molecular weight is 261 g/mol. The first-order valence-electron chi connectivity index (χ1n) is 7.04. The Labute approximate surface area is 114 Å². The highest BCUT2D eigenvalue weighted by molar-refractivity contribution is 5.91. The SMILES string of the molecule is Cc1cc(C)nc(NC(=O)C2CCC(CN)CC2)c1. The zero-order valence-corrected chi connectivity index (χ0v) is 11.8. The molecule has 1 fully saturated rings. The van der Waals surface area contributed by atoms with Crippen LogP contribution in [-0.4, -0.2) is 17.4 Å². The molecule has 1 aliphatic rings. The Morgan fingerprint density at radius 3 is 2.58 bits per heavy atom. The summed E-state index contributed by atoms with van der Waals surface area (Å²) in [6.07, 6.45) is 4.01. The lowest BCUT2D eigenvalue weighted by atomic mass is 9.81. The molecule has 1 aliphatic carbocycles. The maximum absolute atomic E-state index is 12.2. The lowest BCUT2D eigenvalue weighted by molar-refractivity contribution is -0.121. The Kier molecular flexibility index (Phi) is 4.53. The second-order valence-electron chi connectivity index (χ2n) is 5.61. The Morgan fingerprint density at radius 1 is 1.32 bits per heavy atom. The van der Waals surface area contributed by atoms with Crippen molar-refractivity contribution in [2.45, 2.75) is 39.5 Å². The first kappa shape index (κ1) is 14.0. The van der Waals surface area contributed by atoms with E-state index in [-0.39, 0.29) is 11.8 Å². The van der Waals surface area contributed by atoms with E-state index in [9.17, 15) is 4.79 Å². The maximum Gasteiger partial charge on any atom is 0.228 e. The molecule has 0 radical (unpaired) electrons. The van der Waals surface area contributed by atoms with Gasteiger partial charge >= 0.3 is 0 Å². The fourth-order valence-electron chi connectivity index (χ4n) is 2.79. The molecule has 3 N–H and O–H groups in total. The van der Waals surface area contributed by atoms with Gasteiger partial charge in [0.25, 0.3) is 0 Å². The van der Waals surface area contributed by atoms with Crippen LogP contribution in [0.25, 0.3) is 0 Å². The zero-order valence-electron chi connectivity index (χ0n) is 11.8.